The van der Waals surface area contributed by atoms with Crippen LogP contribution in [-0.2, 0) is 4.74 Å². The van der Waals surface area contributed by atoms with Crippen molar-refractivity contribution >= 4 is 29.9 Å². The lowest BCUT2D eigenvalue weighted by atomic mass is 10.2. The Morgan fingerprint density at radius 2 is 1.96 bits per heavy atom. The van der Waals surface area contributed by atoms with Crippen LogP contribution < -0.4 is 10.6 Å². The largest absolute Gasteiger partial charge is 0.401 e. The molecule has 0 radical (unpaired) electrons. The molecule has 6 nitrogen and oxygen atoms in total. The minimum absolute atomic E-state index is 0. The smallest absolute Gasteiger partial charge is 0.374 e. The van der Waals surface area contributed by atoms with Crippen molar-refractivity contribution in [3.05, 3.63) is 0 Å². The van der Waals surface area contributed by atoms with Gasteiger partial charge in [-0.1, -0.05) is 13.8 Å². The summed E-state index contributed by atoms with van der Waals surface area (Å²) in [6.07, 6.45) is -3.38. The summed E-state index contributed by atoms with van der Waals surface area (Å²) in [7, 11) is 1.67. The van der Waals surface area contributed by atoms with Crippen molar-refractivity contribution in [2.24, 2.45) is 10.9 Å². The lowest BCUT2D eigenvalue weighted by Gasteiger charge is -2.34. The van der Waals surface area contributed by atoms with Crippen molar-refractivity contribution in [3.63, 3.8) is 0 Å². The van der Waals surface area contributed by atoms with Gasteiger partial charge in [0, 0.05) is 52.4 Å². The second kappa shape index (κ2) is 11.6. The Morgan fingerprint density at radius 1 is 1.22 bits per heavy atom. The molecule has 2 atom stereocenters. The predicted molar refractivity (Wildman–Crippen MR) is 112 cm³/mol. The van der Waals surface area contributed by atoms with E-state index in [2.05, 4.69) is 34.4 Å². The second-order valence-corrected chi connectivity index (χ2v) is 7.58. The van der Waals surface area contributed by atoms with Crippen LogP contribution in [0.3, 0.4) is 0 Å². The van der Waals surface area contributed by atoms with E-state index in [1.807, 2.05) is 0 Å². The molecule has 0 aliphatic carbocycles. The maximum Gasteiger partial charge on any atom is 0.401 e. The van der Waals surface area contributed by atoms with Crippen LogP contribution in [0, 0.1) is 5.92 Å². The van der Waals surface area contributed by atoms with Crippen LogP contribution >= 0.6 is 24.0 Å². The Balaban J connectivity index is 0.00000364. The van der Waals surface area contributed by atoms with Crippen molar-refractivity contribution in [1.29, 1.82) is 0 Å². The number of halogens is 4. The fourth-order valence-corrected chi connectivity index (χ4v) is 3.53. The van der Waals surface area contributed by atoms with E-state index in [1.54, 1.807) is 7.05 Å². The van der Waals surface area contributed by atoms with Gasteiger partial charge in [0.05, 0.1) is 19.3 Å². The molecule has 0 aromatic rings. The molecule has 0 spiro atoms. The molecule has 2 unspecified atom stereocenters. The summed E-state index contributed by atoms with van der Waals surface area (Å²) in [5.74, 6) is 1.24. The molecule has 10 heteroatoms. The number of rotatable bonds is 6. The summed E-state index contributed by atoms with van der Waals surface area (Å²) < 4.78 is 43.3. The van der Waals surface area contributed by atoms with Crippen molar-refractivity contribution in [2.75, 3.05) is 59.5 Å². The number of likely N-dealkylation sites (tertiary alicyclic amines) is 1. The number of nitrogens with one attached hydrogen (secondary N) is 2. The number of hydrogen-bond donors (Lipinski definition) is 2. The molecular weight excluding hydrogens is 474 g/mol. The molecule has 2 saturated heterocycles. The Labute approximate surface area is 177 Å². The third kappa shape index (κ3) is 9.62. The minimum Gasteiger partial charge on any atom is -0.374 e. The van der Waals surface area contributed by atoms with E-state index in [-0.39, 0.29) is 36.1 Å². The zero-order chi connectivity index (χ0) is 19.2. The average Bonchev–Trinajstić information content (AvgIpc) is 2.96. The molecule has 160 valence electrons. The van der Waals surface area contributed by atoms with Gasteiger partial charge in [-0.25, -0.2) is 0 Å². The van der Waals surface area contributed by atoms with Crippen molar-refractivity contribution in [2.45, 2.75) is 38.6 Å². The molecule has 27 heavy (non-hydrogen) atoms. The number of guanidine groups is 1. The topological polar surface area (TPSA) is 52.1 Å². The highest BCUT2D eigenvalue weighted by Crippen LogP contribution is 2.19. The van der Waals surface area contributed by atoms with Gasteiger partial charge in [-0.3, -0.25) is 14.8 Å². The number of nitrogens with zero attached hydrogens (tertiary/aromatic N) is 3. The van der Waals surface area contributed by atoms with Crippen LogP contribution in [0.1, 0.15) is 20.3 Å². The average molecular weight is 507 g/mol. The quantitative estimate of drug-likeness (QED) is 0.326. The Hall–Kier alpha value is -0.330. The SMILES string of the molecule is CN=C(NCC1CN(CC(C)C)CCO1)NC1CCN(CC(F)(F)F)C1.I. The number of ether oxygens (including phenoxy) is 1. The Kier molecular flexibility index (Phi) is 10.6. The van der Waals surface area contributed by atoms with E-state index in [4.69, 9.17) is 4.74 Å². The Bertz CT molecular complexity index is 464. The highest BCUT2D eigenvalue weighted by Gasteiger charge is 2.34. The summed E-state index contributed by atoms with van der Waals surface area (Å²) in [4.78, 5) is 8.02. The third-order valence-electron chi connectivity index (χ3n) is 4.58. The van der Waals surface area contributed by atoms with E-state index in [0.29, 0.717) is 37.9 Å². The van der Waals surface area contributed by atoms with Crippen LogP contribution in [0.2, 0.25) is 0 Å². The number of alkyl halides is 3. The van der Waals surface area contributed by atoms with Crippen LogP contribution in [0.15, 0.2) is 4.99 Å². The molecule has 2 N–H and O–H groups in total. The summed E-state index contributed by atoms with van der Waals surface area (Å²) >= 11 is 0. The molecule has 2 rings (SSSR count). The zero-order valence-corrected chi connectivity index (χ0v) is 18.7. The maximum atomic E-state index is 12.5. The molecule has 2 aliphatic heterocycles. The lowest BCUT2D eigenvalue weighted by molar-refractivity contribution is -0.143. The van der Waals surface area contributed by atoms with E-state index < -0.39 is 12.7 Å². The first-order valence-corrected chi connectivity index (χ1v) is 9.35. The van der Waals surface area contributed by atoms with Crippen molar-refractivity contribution in [1.82, 2.24) is 20.4 Å². The molecular formula is C17H33F3IN5O. The molecule has 0 aromatic carbocycles. The van der Waals surface area contributed by atoms with Gasteiger partial charge in [0.15, 0.2) is 5.96 Å². The number of aliphatic imine (C=N–C) groups is 1. The van der Waals surface area contributed by atoms with Crippen molar-refractivity contribution in [3.8, 4) is 0 Å². The van der Waals surface area contributed by atoms with E-state index >= 15 is 0 Å². The standard InChI is InChI=1S/C17H32F3N5O.HI/c1-13(2)9-24-6-7-26-15(11-24)8-22-16(21-3)23-14-4-5-25(10-14)12-17(18,19)20;/h13-15H,4-12H2,1-3H3,(H2,21,22,23);1H. The van der Waals surface area contributed by atoms with E-state index in [1.165, 1.54) is 4.90 Å². The van der Waals surface area contributed by atoms with E-state index in [0.717, 1.165) is 26.2 Å². The fourth-order valence-electron chi connectivity index (χ4n) is 3.53. The molecule has 0 bridgehead atoms. The van der Waals surface area contributed by atoms with Gasteiger partial charge >= 0.3 is 6.18 Å². The number of morpholine rings is 1. The van der Waals surface area contributed by atoms with E-state index in [9.17, 15) is 13.2 Å². The molecule has 0 aromatic heterocycles. The lowest BCUT2D eigenvalue weighted by Crippen LogP contribution is -2.51. The Morgan fingerprint density at radius 3 is 2.59 bits per heavy atom. The highest BCUT2D eigenvalue weighted by molar-refractivity contribution is 14.0. The van der Waals surface area contributed by atoms with Gasteiger partial charge in [-0.05, 0) is 12.3 Å². The van der Waals surface area contributed by atoms with Gasteiger partial charge in [0.2, 0.25) is 0 Å². The molecule has 2 aliphatic rings. The normalized spacial score (nSPS) is 25.5. The fraction of sp³-hybridized carbons (Fsp3) is 0.941. The number of hydrogen-bond acceptors (Lipinski definition) is 4. The second-order valence-electron chi connectivity index (χ2n) is 7.58. The van der Waals surface area contributed by atoms with Crippen molar-refractivity contribution < 1.29 is 17.9 Å². The van der Waals surface area contributed by atoms with Gasteiger partial charge in [-0.15, -0.1) is 24.0 Å². The van der Waals surface area contributed by atoms with Crippen LogP contribution in [0.5, 0.6) is 0 Å². The first kappa shape index (κ1) is 24.7. The van der Waals surface area contributed by atoms with Crippen LogP contribution in [0.4, 0.5) is 13.2 Å². The summed E-state index contributed by atoms with van der Waals surface area (Å²) in [6.45, 7) is 8.64. The van der Waals surface area contributed by atoms with Crippen LogP contribution in [0.25, 0.3) is 0 Å². The first-order chi connectivity index (χ1) is 12.2. The molecule has 2 heterocycles. The van der Waals surface area contributed by atoms with Gasteiger partial charge in [0.25, 0.3) is 0 Å². The summed E-state index contributed by atoms with van der Waals surface area (Å²) in [6, 6.07) is -0.0201. The molecule has 0 amide bonds. The van der Waals surface area contributed by atoms with Gasteiger partial charge in [0.1, 0.15) is 0 Å². The maximum absolute atomic E-state index is 12.5. The first-order valence-electron chi connectivity index (χ1n) is 9.35. The van der Waals surface area contributed by atoms with Gasteiger partial charge in [-0.2, -0.15) is 13.2 Å². The zero-order valence-electron chi connectivity index (χ0n) is 16.4. The monoisotopic (exact) mass is 507 g/mol. The summed E-state index contributed by atoms with van der Waals surface area (Å²) in [5, 5.41) is 6.47. The van der Waals surface area contributed by atoms with Gasteiger partial charge < -0.3 is 15.4 Å². The highest BCUT2D eigenvalue weighted by atomic mass is 127. The minimum atomic E-state index is -4.14. The van der Waals surface area contributed by atoms with Crippen LogP contribution in [-0.4, -0.2) is 93.5 Å². The summed E-state index contributed by atoms with van der Waals surface area (Å²) in [5.41, 5.74) is 0. The third-order valence-corrected chi connectivity index (χ3v) is 4.58. The molecule has 2 fully saturated rings. The predicted octanol–water partition coefficient (Wildman–Crippen LogP) is 1.76. The molecule has 0 saturated carbocycles.